The Morgan fingerprint density at radius 3 is 2.55 bits per heavy atom. The van der Waals surface area contributed by atoms with Crippen LogP contribution in [0.4, 0.5) is 0 Å². The van der Waals surface area contributed by atoms with E-state index in [1.54, 1.807) is 13.3 Å². The van der Waals surface area contributed by atoms with Gasteiger partial charge >= 0.3 is 5.97 Å². The highest BCUT2D eigenvalue weighted by molar-refractivity contribution is 6.13. The number of benzene rings is 2. The summed E-state index contributed by atoms with van der Waals surface area (Å²) in [5, 5.41) is 1.72. The van der Waals surface area contributed by atoms with Crippen molar-refractivity contribution in [3.63, 3.8) is 0 Å². The van der Waals surface area contributed by atoms with E-state index in [-0.39, 0.29) is 18.4 Å². The molecule has 6 nitrogen and oxygen atoms in total. The Bertz CT molecular complexity index is 1170. The van der Waals surface area contributed by atoms with Crippen LogP contribution in [0.25, 0.3) is 21.8 Å². The number of nitrogens with zero attached hydrogens (tertiary/aromatic N) is 1. The van der Waals surface area contributed by atoms with Crippen molar-refractivity contribution in [2.24, 2.45) is 0 Å². The summed E-state index contributed by atoms with van der Waals surface area (Å²) in [5.74, 6) is 0.951. The molecule has 0 saturated carbocycles. The fourth-order valence-corrected chi connectivity index (χ4v) is 3.40. The van der Waals surface area contributed by atoms with Gasteiger partial charge in [0.25, 0.3) is 0 Å². The molecule has 0 aliphatic rings. The van der Waals surface area contributed by atoms with E-state index in [1.165, 1.54) is 0 Å². The standard InChI is InChI=1S/C23H22N2O4/c1-14(2)28-23(26)22-16(13-27-3)20-18(12-24-22)25-17-10-7-11-19(21(17)20)29-15-8-5-4-6-9-15/h4-12,14,25H,13H2,1-3H3. The molecule has 0 bridgehead atoms. The van der Waals surface area contributed by atoms with E-state index >= 15 is 0 Å². The third-order valence-electron chi connectivity index (χ3n) is 4.52. The number of nitrogens with one attached hydrogen (secondary N) is 1. The smallest absolute Gasteiger partial charge is 0.357 e. The number of carbonyl (C=O) groups excluding carboxylic acids is 1. The first kappa shape index (κ1) is 19.0. The van der Waals surface area contributed by atoms with Crippen LogP contribution >= 0.6 is 0 Å². The summed E-state index contributed by atoms with van der Waals surface area (Å²) in [5.41, 5.74) is 2.62. The van der Waals surface area contributed by atoms with E-state index in [0.29, 0.717) is 11.3 Å². The van der Waals surface area contributed by atoms with E-state index in [9.17, 15) is 4.79 Å². The van der Waals surface area contributed by atoms with Crippen molar-refractivity contribution in [2.45, 2.75) is 26.6 Å². The first-order valence-electron chi connectivity index (χ1n) is 9.43. The van der Waals surface area contributed by atoms with E-state index < -0.39 is 5.97 Å². The number of carbonyl (C=O) groups is 1. The van der Waals surface area contributed by atoms with Crippen LogP contribution in [0.1, 0.15) is 29.9 Å². The molecule has 2 aromatic heterocycles. The molecule has 0 atom stereocenters. The van der Waals surface area contributed by atoms with E-state index in [0.717, 1.165) is 27.6 Å². The van der Waals surface area contributed by atoms with Gasteiger partial charge in [-0.25, -0.2) is 9.78 Å². The third kappa shape index (κ3) is 3.67. The van der Waals surface area contributed by atoms with E-state index in [1.807, 2.05) is 62.4 Å². The molecule has 0 radical (unpaired) electrons. The predicted octanol–water partition coefficient (Wildman–Crippen LogP) is 5.22. The molecule has 29 heavy (non-hydrogen) atoms. The zero-order chi connectivity index (χ0) is 20.4. The fourth-order valence-electron chi connectivity index (χ4n) is 3.40. The Kier molecular flexibility index (Phi) is 5.18. The minimum Gasteiger partial charge on any atom is -0.458 e. The molecular formula is C23H22N2O4. The summed E-state index contributed by atoms with van der Waals surface area (Å²) < 4.78 is 17.0. The minimum atomic E-state index is -0.468. The molecule has 4 aromatic rings. The molecule has 0 aliphatic carbocycles. The number of hydrogen-bond donors (Lipinski definition) is 1. The van der Waals surface area contributed by atoms with Crippen LogP contribution < -0.4 is 4.74 Å². The van der Waals surface area contributed by atoms with Crippen molar-refractivity contribution in [1.82, 2.24) is 9.97 Å². The Hall–Kier alpha value is -3.38. The van der Waals surface area contributed by atoms with Crippen LogP contribution in [0.15, 0.2) is 54.7 Å². The fraction of sp³-hybridized carbons (Fsp3) is 0.217. The maximum absolute atomic E-state index is 12.6. The number of H-pyrrole nitrogens is 1. The second-order valence-corrected chi connectivity index (χ2v) is 6.98. The molecular weight excluding hydrogens is 368 g/mol. The Morgan fingerprint density at radius 2 is 1.83 bits per heavy atom. The van der Waals surface area contributed by atoms with Crippen LogP contribution in [0, 0.1) is 0 Å². The van der Waals surface area contributed by atoms with E-state index in [4.69, 9.17) is 14.2 Å². The van der Waals surface area contributed by atoms with Crippen molar-refractivity contribution in [3.8, 4) is 11.5 Å². The monoisotopic (exact) mass is 390 g/mol. The molecule has 0 amide bonds. The molecule has 0 saturated heterocycles. The zero-order valence-corrected chi connectivity index (χ0v) is 16.6. The number of pyridine rings is 1. The SMILES string of the molecule is COCc1c(C(=O)OC(C)C)ncc2[nH]c3cccc(Oc4ccccc4)c3c12. The van der Waals surface area contributed by atoms with Gasteiger partial charge in [-0.15, -0.1) is 0 Å². The van der Waals surface area contributed by atoms with Crippen molar-refractivity contribution >= 4 is 27.8 Å². The molecule has 0 aliphatic heterocycles. The molecule has 0 spiro atoms. The van der Waals surface area contributed by atoms with Crippen LogP contribution in [0.2, 0.25) is 0 Å². The van der Waals surface area contributed by atoms with Crippen LogP contribution in [0.5, 0.6) is 11.5 Å². The van der Waals surface area contributed by atoms with Gasteiger partial charge in [0.05, 0.1) is 35.3 Å². The Balaban J connectivity index is 1.95. The maximum atomic E-state index is 12.6. The number of ether oxygens (including phenoxy) is 3. The molecule has 148 valence electrons. The van der Waals surface area contributed by atoms with Crippen molar-refractivity contribution in [2.75, 3.05) is 7.11 Å². The summed E-state index contributed by atoms with van der Waals surface area (Å²) in [6, 6.07) is 15.4. The molecule has 6 heteroatoms. The van der Waals surface area contributed by atoms with Crippen molar-refractivity contribution < 1.29 is 19.0 Å². The number of para-hydroxylation sites is 1. The Morgan fingerprint density at radius 1 is 1.03 bits per heavy atom. The van der Waals surface area contributed by atoms with Crippen LogP contribution in [-0.4, -0.2) is 29.2 Å². The summed E-state index contributed by atoms with van der Waals surface area (Å²) in [4.78, 5) is 20.4. The average Bonchev–Trinajstić information content (AvgIpc) is 3.08. The minimum absolute atomic E-state index is 0.222. The second kappa shape index (κ2) is 7.93. The lowest BCUT2D eigenvalue weighted by Gasteiger charge is -2.13. The van der Waals surface area contributed by atoms with Gasteiger partial charge in [-0.2, -0.15) is 0 Å². The predicted molar refractivity (Wildman–Crippen MR) is 111 cm³/mol. The normalized spacial score (nSPS) is 11.3. The van der Waals surface area contributed by atoms with Gasteiger partial charge in [0.15, 0.2) is 5.69 Å². The lowest BCUT2D eigenvalue weighted by molar-refractivity contribution is 0.0366. The van der Waals surface area contributed by atoms with Gasteiger partial charge in [-0.1, -0.05) is 24.3 Å². The van der Waals surface area contributed by atoms with Crippen LogP contribution in [-0.2, 0) is 16.1 Å². The summed E-state index contributed by atoms with van der Waals surface area (Å²) >= 11 is 0. The topological polar surface area (TPSA) is 73.4 Å². The Labute approximate surface area is 168 Å². The summed E-state index contributed by atoms with van der Waals surface area (Å²) in [6.07, 6.45) is 1.41. The third-order valence-corrected chi connectivity index (χ3v) is 4.52. The molecule has 2 heterocycles. The quantitative estimate of drug-likeness (QED) is 0.457. The molecule has 4 rings (SSSR count). The van der Waals surface area contributed by atoms with Gasteiger partial charge in [-0.05, 0) is 38.1 Å². The number of fused-ring (bicyclic) bond motifs is 3. The summed E-state index contributed by atoms with van der Waals surface area (Å²) in [6.45, 7) is 3.84. The van der Waals surface area contributed by atoms with Gasteiger partial charge in [0.2, 0.25) is 0 Å². The first-order chi connectivity index (χ1) is 14.1. The highest BCUT2D eigenvalue weighted by Crippen LogP contribution is 2.38. The van der Waals surface area contributed by atoms with Gasteiger partial charge < -0.3 is 19.2 Å². The molecule has 2 aromatic carbocycles. The summed E-state index contributed by atoms with van der Waals surface area (Å²) in [7, 11) is 1.59. The highest BCUT2D eigenvalue weighted by atomic mass is 16.5. The second-order valence-electron chi connectivity index (χ2n) is 6.98. The first-order valence-corrected chi connectivity index (χ1v) is 9.43. The number of esters is 1. The number of methoxy groups -OCH3 is 1. The van der Waals surface area contributed by atoms with Gasteiger partial charge in [-0.3, -0.25) is 0 Å². The van der Waals surface area contributed by atoms with Gasteiger partial charge in [0.1, 0.15) is 11.5 Å². The average molecular weight is 390 g/mol. The number of aromatic nitrogens is 2. The maximum Gasteiger partial charge on any atom is 0.357 e. The zero-order valence-electron chi connectivity index (χ0n) is 16.6. The van der Waals surface area contributed by atoms with E-state index in [2.05, 4.69) is 9.97 Å². The largest absolute Gasteiger partial charge is 0.458 e. The lowest BCUT2D eigenvalue weighted by Crippen LogP contribution is -2.15. The highest BCUT2D eigenvalue weighted by Gasteiger charge is 2.22. The number of rotatable bonds is 6. The van der Waals surface area contributed by atoms with Crippen molar-refractivity contribution in [3.05, 3.63) is 66.0 Å². The molecule has 0 unspecified atom stereocenters. The van der Waals surface area contributed by atoms with Crippen molar-refractivity contribution in [1.29, 1.82) is 0 Å². The number of aromatic amines is 1. The van der Waals surface area contributed by atoms with Gasteiger partial charge in [0, 0.05) is 18.1 Å². The molecule has 1 N–H and O–H groups in total. The lowest BCUT2D eigenvalue weighted by atomic mass is 10.0. The van der Waals surface area contributed by atoms with Crippen LogP contribution in [0.3, 0.4) is 0 Å². The molecule has 0 fully saturated rings. The number of hydrogen-bond acceptors (Lipinski definition) is 5.